The van der Waals surface area contributed by atoms with Crippen LogP contribution in [0.1, 0.15) is 6.92 Å². The Balaban J connectivity index is 1.52. The first-order chi connectivity index (χ1) is 14.7. The summed E-state index contributed by atoms with van der Waals surface area (Å²) in [6, 6.07) is 7.80. The average Bonchev–Trinajstić information content (AvgIpc) is 3.37. The maximum atomic E-state index is 14.0. The minimum Gasteiger partial charge on any atom is -0.352 e. The molecule has 0 aliphatic carbocycles. The number of nitrogens with one attached hydrogen (secondary N) is 2. The number of alkyl halides is 1. The first-order valence-electron chi connectivity index (χ1n) is 10.2. The zero-order valence-corrected chi connectivity index (χ0v) is 16.7. The number of aromatic nitrogens is 6. The largest absolute Gasteiger partial charge is 0.352 e. The van der Waals surface area contributed by atoms with Crippen molar-refractivity contribution in [1.29, 1.82) is 0 Å². The summed E-state index contributed by atoms with van der Waals surface area (Å²) in [6.45, 7) is 5.02. The van der Waals surface area contributed by atoms with E-state index < -0.39 is 6.17 Å². The van der Waals surface area contributed by atoms with Gasteiger partial charge in [0.15, 0.2) is 0 Å². The van der Waals surface area contributed by atoms with Crippen molar-refractivity contribution in [2.75, 3.05) is 31.1 Å². The predicted molar refractivity (Wildman–Crippen MR) is 114 cm³/mol. The second-order valence-electron chi connectivity index (χ2n) is 7.40. The molecule has 0 bridgehead atoms. The Morgan fingerprint density at radius 3 is 3.03 bits per heavy atom. The summed E-state index contributed by atoms with van der Waals surface area (Å²) in [5.74, 6) is 0.758. The lowest BCUT2D eigenvalue weighted by Crippen LogP contribution is -2.31. The van der Waals surface area contributed by atoms with Crippen molar-refractivity contribution in [3.8, 4) is 22.6 Å². The molecule has 8 nitrogen and oxygen atoms in total. The molecule has 2 N–H and O–H groups in total. The van der Waals surface area contributed by atoms with Gasteiger partial charge in [-0.2, -0.15) is 10.2 Å². The highest BCUT2D eigenvalue weighted by molar-refractivity contribution is 5.93. The van der Waals surface area contributed by atoms with Gasteiger partial charge in [0.2, 0.25) is 0 Å². The second kappa shape index (κ2) is 7.83. The minimum absolute atomic E-state index is 0.334. The number of halogens is 1. The third kappa shape index (κ3) is 3.52. The molecule has 0 aromatic carbocycles. The van der Waals surface area contributed by atoms with E-state index >= 15 is 0 Å². The summed E-state index contributed by atoms with van der Waals surface area (Å²) in [5, 5.41) is 15.9. The van der Waals surface area contributed by atoms with Crippen molar-refractivity contribution in [3.05, 3.63) is 42.9 Å². The zero-order chi connectivity index (χ0) is 20.5. The molecule has 0 amide bonds. The van der Waals surface area contributed by atoms with E-state index in [0.717, 1.165) is 52.5 Å². The van der Waals surface area contributed by atoms with Gasteiger partial charge in [-0.25, -0.2) is 9.37 Å². The van der Waals surface area contributed by atoms with Crippen molar-refractivity contribution in [1.82, 2.24) is 35.3 Å². The normalized spacial score (nSPS) is 17.4. The third-order valence-electron chi connectivity index (χ3n) is 5.34. The molecule has 0 radical (unpaired) electrons. The van der Waals surface area contributed by atoms with Crippen LogP contribution in [0.4, 0.5) is 10.2 Å². The second-order valence-corrected chi connectivity index (χ2v) is 7.40. The summed E-state index contributed by atoms with van der Waals surface area (Å²) in [5.41, 5.74) is 4.13. The smallest absolute Gasteiger partial charge is 0.130 e. The molecular formula is C21H23FN8. The van der Waals surface area contributed by atoms with Gasteiger partial charge in [-0.05, 0) is 25.1 Å². The van der Waals surface area contributed by atoms with E-state index in [9.17, 15) is 4.39 Å². The fourth-order valence-electron chi connectivity index (χ4n) is 3.75. The van der Waals surface area contributed by atoms with Crippen LogP contribution < -0.4 is 10.2 Å². The van der Waals surface area contributed by atoms with Gasteiger partial charge in [0.25, 0.3) is 0 Å². The number of aryl methyl sites for hydroxylation is 1. The van der Waals surface area contributed by atoms with Crippen LogP contribution in [-0.2, 0) is 6.54 Å². The molecule has 9 heteroatoms. The minimum atomic E-state index is -0.915. The van der Waals surface area contributed by atoms with Gasteiger partial charge < -0.3 is 10.2 Å². The Kier molecular flexibility index (Phi) is 4.88. The number of hydrogen-bond acceptors (Lipinski definition) is 6. The van der Waals surface area contributed by atoms with E-state index in [1.807, 2.05) is 53.2 Å². The Morgan fingerprint density at radius 2 is 2.17 bits per heavy atom. The van der Waals surface area contributed by atoms with Gasteiger partial charge >= 0.3 is 0 Å². The summed E-state index contributed by atoms with van der Waals surface area (Å²) in [7, 11) is 0. The number of hydrogen-bond donors (Lipinski definition) is 2. The molecular weight excluding hydrogens is 383 g/mol. The fourth-order valence-corrected chi connectivity index (χ4v) is 3.75. The van der Waals surface area contributed by atoms with Crippen LogP contribution in [0.2, 0.25) is 0 Å². The monoisotopic (exact) mass is 406 g/mol. The number of pyridine rings is 2. The number of aromatic amines is 1. The topological polar surface area (TPSA) is 87.5 Å². The SMILES string of the molecule is CCn1cc(-c2cc3c(-c4cccc(N5CCNCC(F)C5)n4)n[nH]c3cn2)cn1. The van der Waals surface area contributed by atoms with Crippen LogP contribution >= 0.6 is 0 Å². The lowest BCUT2D eigenvalue weighted by atomic mass is 10.1. The molecule has 4 aromatic rings. The van der Waals surface area contributed by atoms with Gasteiger partial charge in [-0.1, -0.05) is 6.07 Å². The Morgan fingerprint density at radius 1 is 1.23 bits per heavy atom. The maximum absolute atomic E-state index is 14.0. The van der Waals surface area contributed by atoms with Gasteiger partial charge in [0, 0.05) is 43.3 Å². The molecule has 0 saturated carbocycles. The maximum Gasteiger partial charge on any atom is 0.130 e. The molecule has 1 atom stereocenters. The van der Waals surface area contributed by atoms with Crippen LogP contribution in [0.3, 0.4) is 0 Å². The number of rotatable bonds is 4. The van der Waals surface area contributed by atoms with Gasteiger partial charge in [0.05, 0.1) is 35.8 Å². The van der Waals surface area contributed by atoms with Crippen molar-refractivity contribution in [2.24, 2.45) is 0 Å². The molecule has 0 spiro atoms. The number of anilines is 1. The zero-order valence-electron chi connectivity index (χ0n) is 16.7. The average molecular weight is 406 g/mol. The molecule has 4 aromatic heterocycles. The molecule has 154 valence electrons. The molecule has 5 heterocycles. The van der Waals surface area contributed by atoms with Crippen LogP contribution in [0.15, 0.2) is 42.9 Å². The van der Waals surface area contributed by atoms with Crippen LogP contribution in [0, 0.1) is 0 Å². The van der Waals surface area contributed by atoms with E-state index in [1.54, 1.807) is 6.20 Å². The van der Waals surface area contributed by atoms with Crippen molar-refractivity contribution in [2.45, 2.75) is 19.6 Å². The van der Waals surface area contributed by atoms with E-state index in [1.165, 1.54) is 0 Å². The third-order valence-corrected chi connectivity index (χ3v) is 5.34. The van der Waals surface area contributed by atoms with E-state index in [-0.39, 0.29) is 0 Å². The quantitative estimate of drug-likeness (QED) is 0.542. The number of H-pyrrole nitrogens is 1. The predicted octanol–water partition coefficient (Wildman–Crippen LogP) is 2.65. The molecule has 1 fully saturated rings. The lowest BCUT2D eigenvalue weighted by molar-refractivity contribution is 0.337. The summed E-state index contributed by atoms with van der Waals surface area (Å²) >= 11 is 0. The highest BCUT2D eigenvalue weighted by Crippen LogP contribution is 2.29. The van der Waals surface area contributed by atoms with Gasteiger partial charge in [-0.3, -0.25) is 14.8 Å². The Hall–Kier alpha value is -3.33. The Labute approximate surface area is 173 Å². The fraction of sp³-hybridized carbons (Fsp3) is 0.333. The van der Waals surface area contributed by atoms with E-state index in [2.05, 4.69) is 25.6 Å². The van der Waals surface area contributed by atoms with Gasteiger partial charge in [-0.15, -0.1) is 0 Å². The molecule has 1 saturated heterocycles. The Bertz CT molecular complexity index is 1170. The molecule has 1 aliphatic heterocycles. The summed E-state index contributed by atoms with van der Waals surface area (Å²) < 4.78 is 15.9. The lowest BCUT2D eigenvalue weighted by Gasteiger charge is -2.22. The van der Waals surface area contributed by atoms with Gasteiger partial charge in [0.1, 0.15) is 17.7 Å². The highest BCUT2D eigenvalue weighted by atomic mass is 19.1. The van der Waals surface area contributed by atoms with E-state index in [0.29, 0.717) is 19.6 Å². The van der Waals surface area contributed by atoms with Crippen LogP contribution in [0.5, 0.6) is 0 Å². The van der Waals surface area contributed by atoms with Crippen molar-refractivity contribution in [3.63, 3.8) is 0 Å². The first kappa shape index (κ1) is 18.7. The van der Waals surface area contributed by atoms with Crippen LogP contribution in [-0.4, -0.2) is 62.3 Å². The molecule has 1 unspecified atom stereocenters. The molecule has 30 heavy (non-hydrogen) atoms. The number of nitrogens with zero attached hydrogens (tertiary/aromatic N) is 6. The van der Waals surface area contributed by atoms with E-state index in [4.69, 9.17) is 4.98 Å². The number of fused-ring (bicyclic) bond motifs is 1. The molecule has 5 rings (SSSR count). The first-order valence-corrected chi connectivity index (χ1v) is 10.2. The van der Waals surface area contributed by atoms with Crippen molar-refractivity contribution >= 4 is 16.7 Å². The standard InChI is InChI=1S/C21H23FN8/c1-2-30-12-14(9-25-30)18-8-16-19(11-24-18)27-28-21(16)17-4-3-5-20(26-17)29-7-6-23-10-15(22)13-29/h3-5,8-9,11-12,15,23H,2,6-7,10,13H2,1H3,(H,27,28). The molecule has 1 aliphatic rings. The summed E-state index contributed by atoms with van der Waals surface area (Å²) in [6.07, 6.45) is 4.66. The van der Waals surface area contributed by atoms with Crippen molar-refractivity contribution < 1.29 is 4.39 Å². The van der Waals surface area contributed by atoms with Crippen LogP contribution in [0.25, 0.3) is 33.5 Å². The summed E-state index contributed by atoms with van der Waals surface area (Å²) in [4.78, 5) is 11.3. The highest BCUT2D eigenvalue weighted by Gasteiger charge is 2.19.